The second-order valence-corrected chi connectivity index (χ2v) is 3.68. The molecule has 0 bridgehead atoms. The van der Waals surface area contributed by atoms with Crippen LogP contribution in [-0.4, -0.2) is 30.1 Å². The number of hydrogen-bond acceptors (Lipinski definition) is 1. The molecule has 0 radical (unpaired) electrons. The first kappa shape index (κ1) is 13.5. The molecule has 1 rings (SSSR count). The fourth-order valence-electron chi connectivity index (χ4n) is 1.67. The van der Waals surface area contributed by atoms with Gasteiger partial charge < -0.3 is 5.11 Å². The Hall–Kier alpha value is -1.52. The van der Waals surface area contributed by atoms with Crippen molar-refractivity contribution in [3.8, 4) is 0 Å². The quantitative estimate of drug-likeness (QED) is 0.838. The Kier molecular flexibility index (Phi) is 5.00. The number of carboxylic acids is 1. The van der Waals surface area contributed by atoms with E-state index in [1.165, 1.54) is 12.1 Å². The van der Waals surface area contributed by atoms with Crippen molar-refractivity contribution >= 4 is 5.97 Å². The standard InChI is InChI=1S/C12H13F3O2/c13-7-6-9(8-4-2-1-3-5-8)10(14)11(15)12(16)17/h1-5,9-11H,6-7H2,(H,16,17). The summed E-state index contributed by atoms with van der Waals surface area (Å²) in [6.07, 6.45) is -5.11. The molecule has 17 heavy (non-hydrogen) atoms. The maximum absolute atomic E-state index is 13.7. The number of hydrogen-bond donors (Lipinski definition) is 1. The Morgan fingerprint density at radius 2 is 1.82 bits per heavy atom. The van der Waals surface area contributed by atoms with Gasteiger partial charge in [0.05, 0.1) is 6.67 Å². The van der Waals surface area contributed by atoms with Crippen molar-refractivity contribution in [2.24, 2.45) is 0 Å². The van der Waals surface area contributed by atoms with Gasteiger partial charge in [-0.2, -0.15) is 0 Å². The van der Waals surface area contributed by atoms with Gasteiger partial charge in [0.25, 0.3) is 0 Å². The van der Waals surface area contributed by atoms with E-state index in [0.29, 0.717) is 5.56 Å². The van der Waals surface area contributed by atoms with Gasteiger partial charge in [0, 0.05) is 5.92 Å². The lowest BCUT2D eigenvalue weighted by Gasteiger charge is -2.21. The predicted molar refractivity (Wildman–Crippen MR) is 57.2 cm³/mol. The van der Waals surface area contributed by atoms with Gasteiger partial charge in [-0.05, 0) is 12.0 Å². The van der Waals surface area contributed by atoms with Crippen LogP contribution in [0.15, 0.2) is 30.3 Å². The number of alkyl halides is 3. The molecule has 5 heteroatoms. The molecule has 0 aromatic heterocycles. The molecule has 3 unspecified atom stereocenters. The zero-order valence-electron chi connectivity index (χ0n) is 9.02. The third-order valence-corrected chi connectivity index (χ3v) is 2.55. The summed E-state index contributed by atoms with van der Waals surface area (Å²) in [5.41, 5.74) is 0.404. The number of carboxylic acid groups (broad SMARTS) is 1. The van der Waals surface area contributed by atoms with Crippen LogP contribution in [0.3, 0.4) is 0 Å². The zero-order valence-corrected chi connectivity index (χ0v) is 9.02. The van der Waals surface area contributed by atoms with E-state index in [0.717, 1.165) is 0 Å². The smallest absolute Gasteiger partial charge is 0.341 e. The number of aliphatic carboxylic acids is 1. The molecule has 1 aromatic carbocycles. The highest BCUT2D eigenvalue weighted by Crippen LogP contribution is 2.29. The van der Waals surface area contributed by atoms with Crippen molar-refractivity contribution in [1.29, 1.82) is 0 Å². The molecular weight excluding hydrogens is 233 g/mol. The summed E-state index contributed by atoms with van der Waals surface area (Å²) in [6.45, 7) is -0.827. The molecule has 0 aliphatic heterocycles. The van der Waals surface area contributed by atoms with Crippen LogP contribution in [0.2, 0.25) is 0 Å². The lowest BCUT2D eigenvalue weighted by molar-refractivity contribution is -0.145. The monoisotopic (exact) mass is 246 g/mol. The topological polar surface area (TPSA) is 37.3 Å². The van der Waals surface area contributed by atoms with E-state index in [1.807, 2.05) is 0 Å². The zero-order chi connectivity index (χ0) is 12.8. The number of benzene rings is 1. The molecule has 0 heterocycles. The minimum absolute atomic E-state index is 0.237. The second kappa shape index (κ2) is 6.27. The summed E-state index contributed by atoms with van der Waals surface area (Å²) >= 11 is 0. The van der Waals surface area contributed by atoms with E-state index >= 15 is 0 Å². The molecule has 2 nitrogen and oxygen atoms in total. The summed E-state index contributed by atoms with van der Waals surface area (Å²) in [6, 6.07) is 7.97. The van der Waals surface area contributed by atoms with Crippen LogP contribution in [0.5, 0.6) is 0 Å². The third-order valence-electron chi connectivity index (χ3n) is 2.55. The first-order valence-electron chi connectivity index (χ1n) is 5.19. The van der Waals surface area contributed by atoms with Crippen molar-refractivity contribution < 1.29 is 23.1 Å². The lowest BCUT2D eigenvalue weighted by Crippen LogP contribution is -2.32. The molecule has 0 fully saturated rings. The maximum atomic E-state index is 13.7. The second-order valence-electron chi connectivity index (χ2n) is 3.68. The highest BCUT2D eigenvalue weighted by atomic mass is 19.2. The summed E-state index contributed by atoms with van der Waals surface area (Å²) in [5.74, 6) is -2.94. The van der Waals surface area contributed by atoms with Crippen LogP contribution >= 0.6 is 0 Å². The number of rotatable bonds is 6. The Balaban J connectivity index is 2.89. The molecule has 0 saturated heterocycles. The van der Waals surface area contributed by atoms with E-state index in [-0.39, 0.29) is 6.42 Å². The highest BCUT2D eigenvalue weighted by Gasteiger charge is 2.35. The largest absolute Gasteiger partial charge is 0.479 e. The van der Waals surface area contributed by atoms with Gasteiger partial charge in [0.1, 0.15) is 6.17 Å². The molecule has 94 valence electrons. The first-order chi connectivity index (χ1) is 8.07. The molecule has 1 N–H and O–H groups in total. The SMILES string of the molecule is O=C(O)C(F)C(F)C(CCF)c1ccccc1. The molecule has 0 saturated carbocycles. The van der Waals surface area contributed by atoms with Gasteiger partial charge in [0.15, 0.2) is 0 Å². The summed E-state index contributed by atoms with van der Waals surface area (Å²) in [4.78, 5) is 10.4. The third kappa shape index (κ3) is 3.47. The van der Waals surface area contributed by atoms with Crippen molar-refractivity contribution in [3.05, 3.63) is 35.9 Å². The summed E-state index contributed by atoms with van der Waals surface area (Å²) in [5, 5.41) is 8.41. The average Bonchev–Trinajstić information content (AvgIpc) is 2.35. The fourth-order valence-corrected chi connectivity index (χ4v) is 1.67. The molecule has 0 spiro atoms. The van der Waals surface area contributed by atoms with E-state index < -0.39 is 30.9 Å². The number of halogens is 3. The Morgan fingerprint density at radius 1 is 1.24 bits per heavy atom. The van der Waals surface area contributed by atoms with Crippen LogP contribution in [0.25, 0.3) is 0 Å². The van der Waals surface area contributed by atoms with Gasteiger partial charge in [0.2, 0.25) is 6.17 Å². The van der Waals surface area contributed by atoms with E-state index in [2.05, 4.69) is 0 Å². The van der Waals surface area contributed by atoms with Crippen LogP contribution < -0.4 is 0 Å². The minimum Gasteiger partial charge on any atom is -0.479 e. The normalized spacial score (nSPS) is 16.2. The van der Waals surface area contributed by atoms with E-state index in [1.54, 1.807) is 18.2 Å². The average molecular weight is 246 g/mol. The first-order valence-corrected chi connectivity index (χ1v) is 5.19. The van der Waals surface area contributed by atoms with Crippen LogP contribution in [0, 0.1) is 0 Å². The predicted octanol–water partition coefficient (Wildman–Crippen LogP) is 2.89. The van der Waals surface area contributed by atoms with Gasteiger partial charge >= 0.3 is 5.97 Å². The van der Waals surface area contributed by atoms with Crippen LogP contribution in [0.1, 0.15) is 17.9 Å². The van der Waals surface area contributed by atoms with Crippen molar-refractivity contribution in [3.63, 3.8) is 0 Å². The minimum atomic E-state index is -2.63. The van der Waals surface area contributed by atoms with Crippen LogP contribution in [0.4, 0.5) is 13.2 Å². The van der Waals surface area contributed by atoms with Gasteiger partial charge in [-0.1, -0.05) is 30.3 Å². The van der Waals surface area contributed by atoms with Gasteiger partial charge in [-0.15, -0.1) is 0 Å². The molecule has 1 aromatic rings. The Bertz CT molecular complexity index is 356. The summed E-state index contributed by atoms with van der Waals surface area (Å²) < 4.78 is 39.1. The van der Waals surface area contributed by atoms with Crippen molar-refractivity contribution in [2.75, 3.05) is 6.67 Å². The van der Waals surface area contributed by atoms with Gasteiger partial charge in [-0.3, -0.25) is 4.39 Å². The van der Waals surface area contributed by atoms with E-state index in [4.69, 9.17) is 5.11 Å². The summed E-state index contributed by atoms with van der Waals surface area (Å²) in [7, 11) is 0. The number of carbonyl (C=O) groups is 1. The van der Waals surface area contributed by atoms with Crippen molar-refractivity contribution in [2.45, 2.75) is 24.7 Å². The van der Waals surface area contributed by atoms with Gasteiger partial charge in [-0.25, -0.2) is 13.6 Å². The Labute approximate surface area is 97.1 Å². The van der Waals surface area contributed by atoms with Crippen LogP contribution in [-0.2, 0) is 4.79 Å². The van der Waals surface area contributed by atoms with Crippen molar-refractivity contribution in [1.82, 2.24) is 0 Å². The molecule has 0 aliphatic carbocycles. The van der Waals surface area contributed by atoms with E-state index in [9.17, 15) is 18.0 Å². The maximum Gasteiger partial charge on any atom is 0.341 e. The molecule has 0 amide bonds. The highest BCUT2D eigenvalue weighted by molar-refractivity contribution is 5.73. The molecular formula is C12H13F3O2. The fraction of sp³-hybridized carbons (Fsp3) is 0.417. The molecule has 0 aliphatic rings. The molecule has 3 atom stereocenters. The Morgan fingerprint density at radius 3 is 2.29 bits per heavy atom. The lowest BCUT2D eigenvalue weighted by atomic mass is 9.89.